The third kappa shape index (κ3) is 5.37. The molecule has 0 bridgehead atoms. The molecule has 0 saturated heterocycles. The lowest BCUT2D eigenvalue weighted by molar-refractivity contribution is 0.0982. The highest BCUT2D eigenvalue weighted by Gasteiger charge is 2.07. The molecule has 0 radical (unpaired) electrons. The predicted octanol–water partition coefficient (Wildman–Crippen LogP) is 4.93. The molecule has 0 fully saturated rings. The lowest BCUT2D eigenvalue weighted by Gasteiger charge is -2.00. The van der Waals surface area contributed by atoms with Crippen molar-refractivity contribution in [1.82, 2.24) is 15.2 Å². The molecule has 4 nitrogen and oxygen atoms in total. The Labute approximate surface area is 153 Å². The van der Waals surface area contributed by atoms with Gasteiger partial charge in [0.05, 0.1) is 0 Å². The zero-order chi connectivity index (χ0) is 17.5. The number of halogens is 1. The van der Waals surface area contributed by atoms with E-state index in [2.05, 4.69) is 15.2 Å². The van der Waals surface area contributed by atoms with Crippen molar-refractivity contribution in [3.63, 3.8) is 0 Å². The van der Waals surface area contributed by atoms with E-state index >= 15 is 0 Å². The molecule has 1 aromatic carbocycles. The van der Waals surface area contributed by atoms with Crippen LogP contribution in [0, 0.1) is 5.82 Å². The molecule has 3 rings (SSSR count). The Kier molecular flexibility index (Phi) is 6.14. The Hall–Kier alpha value is -2.25. The van der Waals surface area contributed by atoms with Gasteiger partial charge in [-0.15, -0.1) is 16.4 Å². The zero-order valence-electron chi connectivity index (χ0n) is 13.3. The summed E-state index contributed by atoms with van der Waals surface area (Å²) in [6, 6.07) is 9.69. The number of carbonyl (C=O) groups is 1. The van der Waals surface area contributed by atoms with E-state index in [1.165, 1.54) is 36.0 Å². The third-order valence-electron chi connectivity index (χ3n) is 3.38. The highest BCUT2D eigenvalue weighted by atomic mass is 32.2. The summed E-state index contributed by atoms with van der Waals surface area (Å²) in [7, 11) is 0. The average Bonchev–Trinajstić information content (AvgIpc) is 3.29. The van der Waals surface area contributed by atoms with Gasteiger partial charge in [0, 0.05) is 22.6 Å². The van der Waals surface area contributed by atoms with E-state index in [9.17, 15) is 9.18 Å². The first kappa shape index (κ1) is 17.6. The predicted molar refractivity (Wildman–Crippen MR) is 100 cm³/mol. The van der Waals surface area contributed by atoms with Crippen molar-refractivity contribution in [2.75, 3.05) is 5.75 Å². The summed E-state index contributed by atoms with van der Waals surface area (Å²) >= 11 is 3.17. The molecule has 0 atom stereocenters. The summed E-state index contributed by atoms with van der Waals surface area (Å²) in [6.45, 7) is 0. The van der Waals surface area contributed by atoms with E-state index in [0.717, 1.165) is 17.1 Å². The fourth-order valence-electron chi connectivity index (χ4n) is 2.12. The molecule has 0 aliphatic heterocycles. The van der Waals surface area contributed by atoms with E-state index in [1.807, 2.05) is 29.7 Å². The smallest absolute Gasteiger partial charge is 0.208 e. The maximum Gasteiger partial charge on any atom is 0.208 e. The van der Waals surface area contributed by atoms with Gasteiger partial charge in [0.1, 0.15) is 11.6 Å². The molecule has 2 aromatic heterocycles. The molecular weight excluding hydrogens is 357 g/mol. The number of hydrogen-bond acceptors (Lipinski definition) is 5. The maximum absolute atomic E-state index is 12.8. The molecule has 128 valence electrons. The van der Waals surface area contributed by atoms with Gasteiger partial charge in [-0.3, -0.25) is 9.89 Å². The van der Waals surface area contributed by atoms with Gasteiger partial charge in [-0.1, -0.05) is 17.8 Å². The van der Waals surface area contributed by atoms with Gasteiger partial charge in [0.15, 0.2) is 5.78 Å². The quantitative estimate of drug-likeness (QED) is 0.345. The van der Waals surface area contributed by atoms with Crippen LogP contribution >= 0.6 is 23.1 Å². The van der Waals surface area contributed by atoms with Crippen LogP contribution in [-0.2, 0) is 0 Å². The minimum atomic E-state index is -0.333. The first-order valence-electron chi connectivity index (χ1n) is 7.76. The minimum absolute atomic E-state index is 0.0233. The van der Waals surface area contributed by atoms with E-state index in [4.69, 9.17) is 0 Å². The van der Waals surface area contributed by atoms with Crippen molar-refractivity contribution in [3.05, 3.63) is 63.9 Å². The van der Waals surface area contributed by atoms with Crippen LogP contribution in [0.1, 0.15) is 33.9 Å². The first-order chi connectivity index (χ1) is 12.2. The summed E-state index contributed by atoms with van der Waals surface area (Å²) in [5.74, 6) is 1.15. The summed E-state index contributed by atoms with van der Waals surface area (Å²) < 4.78 is 12.8. The van der Waals surface area contributed by atoms with E-state index < -0.39 is 0 Å². The van der Waals surface area contributed by atoms with E-state index in [0.29, 0.717) is 23.0 Å². The molecule has 0 saturated carbocycles. The van der Waals surface area contributed by atoms with E-state index in [1.54, 1.807) is 11.3 Å². The molecule has 0 spiro atoms. The van der Waals surface area contributed by atoms with Crippen molar-refractivity contribution in [3.8, 4) is 0 Å². The topological polar surface area (TPSA) is 58.6 Å². The lowest BCUT2D eigenvalue weighted by Crippen LogP contribution is -1.99. The number of H-pyrrole nitrogens is 1. The van der Waals surface area contributed by atoms with Crippen molar-refractivity contribution >= 4 is 41.0 Å². The van der Waals surface area contributed by atoms with Gasteiger partial charge < -0.3 is 0 Å². The number of carbonyl (C=O) groups excluding carboxylic acids is 1. The minimum Gasteiger partial charge on any atom is -0.294 e. The standard InChI is InChI=1S/C18H16FN3OS2/c19-14-7-5-13(6-8-14)16(23)4-2-12-25-18-20-17(21-22-18)10-9-15-3-1-11-24-15/h1,3,5-11H,2,4,12H2,(H,20,21,22)/b10-9-. The van der Waals surface area contributed by atoms with Gasteiger partial charge in [-0.05, 0) is 54.3 Å². The first-order valence-corrected chi connectivity index (χ1v) is 9.63. The van der Waals surface area contributed by atoms with Crippen molar-refractivity contribution in [2.24, 2.45) is 0 Å². The number of aromatic nitrogens is 3. The van der Waals surface area contributed by atoms with Gasteiger partial charge in [-0.2, -0.15) is 0 Å². The van der Waals surface area contributed by atoms with Gasteiger partial charge in [0.25, 0.3) is 0 Å². The highest BCUT2D eigenvalue weighted by Crippen LogP contribution is 2.17. The molecule has 0 aliphatic carbocycles. The van der Waals surface area contributed by atoms with Crippen LogP contribution in [0.2, 0.25) is 0 Å². The monoisotopic (exact) mass is 373 g/mol. The zero-order valence-corrected chi connectivity index (χ0v) is 14.9. The number of thiophene rings is 1. The Bertz CT molecular complexity index is 842. The fourth-order valence-corrected chi connectivity index (χ4v) is 3.48. The van der Waals surface area contributed by atoms with Crippen LogP contribution in [0.3, 0.4) is 0 Å². The molecule has 0 unspecified atom stereocenters. The Morgan fingerprint density at radius 1 is 1.24 bits per heavy atom. The SMILES string of the molecule is O=C(CCCSc1n[nH]c(/C=C\c2cccs2)n1)c1ccc(F)cc1. The molecule has 2 heterocycles. The van der Waals surface area contributed by atoms with Crippen molar-refractivity contribution in [1.29, 1.82) is 0 Å². The molecule has 0 aliphatic rings. The Morgan fingerprint density at radius 3 is 2.84 bits per heavy atom. The summed E-state index contributed by atoms with van der Waals surface area (Å²) in [4.78, 5) is 17.5. The summed E-state index contributed by atoms with van der Waals surface area (Å²) in [5.41, 5.74) is 0.547. The third-order valence-corrected chi connectivity index (χ3v) is 5.15. The molecule has 25 heavy (non-hydrogen) atoms. The fraction of sp³-hybridized carbons (Fsp3) is 0.167. The summed E-state index contributed by atoms with van der Waals surface area (Å²) in [5, 5.41) is 9.72. The second-order valence-corrected chi connectivity index (χ2v) is 7.28. The molecule has 3 aromatic rings. The molecule has 0 amide bonds. The second kappa shape index (κ2) is 8.73. The van der Waals surface area contributed by atoms with Gasteiger partial charge in [-0.25, -0.2) is 9.37 Å². The summed E-state index contributed by atoms with van der Waals surface area (Å²) in [6.07, 6.45) is 5.02. The number of nitrogens with one attached hydrogen (secondary N) is 1. The Balaban J connectivity index is 1.42. The highest BCUT2D eigenvalue weighted by molar-refractivity contribution is 7.99. The molecule has 7 heteroatoms. The number of nitrogens with zero attached hydrogens (tertiary/aromatic N) is 2. The van der Waals surface area contributed by atoms with Gasteiger partial charge in [0.2, 0.25) is 5.16 Å². The Morgan fingerprint density at radius 2 is 2.08 bits per heavy atom. The van der Waals surface area contributed by atoms with Crippen LogP contribution in [0.15, 0.2) is 46.9 Å². The second-order valence-electron chi connectivity index (χ2n) is 5.23. The van der Waals surface area contributed by atoms with Crippen LogP contribution in [0.4, 0.5) is 4.39 Å². The lowest BCUT2D eigenvalue weighted by atomic mass is 10.1. The number of aromatic amines is 1. The number of thioether (sulfide) groups is 1. The number of Topliss-reactive ketones (excluding diaryl/α,β-unsaturated/α-hetero) is 1. The van der Waals surface area contributed by atoms with Gasteiger partial charge >= 0.3 is 0 Å². The average molecular weight is 373 g/mol. The van der Waals surface area contributed by atoms with Crippen LogP contribution in [0.25, 0.3) is 12.2 Å². The maximum atomic E-state index is 12.8. The number of ketones is 1. The number of hydrogen-bond donors (Lipinski definition) is 1. The van der Waals surface area contributed by atoms with Crippen LogP contribution in [0.5, 0.6) is 0 Å². The largest absolute Gasteiger partial charge is 0.294 e. The van der Waals surface area contributed by atoms with Crippen molar-refractivity contribution in [2.45, 2.75) is 18.0 Å². The normalized spacial score (nSPS) is 11.2. The van der Waals surface area contributed by atoms with Crippen LogP contribution in [-0.4, -0.2) is 26.7 Å². The number of benzene rings is 1. The molecular formula is C18H16FN3OS2. The molecule has 1 N–H and O–H groups in total. The van der Waals surface area contributed by atoms with E-state index in [-0.39, 0.29) is 11.6 Å². The van der Waals surface area contributed by atoms with Crippen LogP contribution < -0.4 is 0 Å². The van der Waals surface area contributed by atoms with Crippen molar-refractivity contribution < 1.29 is 9.18 Å². The number of rotatable bonds is 8.